The molecule has 7 rings (SSSR count). The maximum atomic E-state index is 4.77. The fourth-order valence-corrected chi connectivity index (χ4v) is 5.72. The van der Waals surface area contributed by atoms with Gasteiger partial charge in [0, 0.05) is 42.3 Å². The molecule has 1 saturated carbocycles. The van der Waals surface area contributed by atoms with E-state index in [-0.39, 0.29) is 0 Å². The molecule has 1 fully saturated rings. The van der Waals surface area contributed by atoms with Crippen LogP contribution in [-0.2, 0) is 13.1 Å². The summed E-state index contributed by atoms with van der Waals surface area (Å²) in [7, 11) is 0. The van der Waals surface area contributed by atoms with E-state index in [9.17, 15) is 0 Å². The van der Waals surface area contributed by atoms with Gasteiger partial charge in [0.15, 0.2) is 0 Å². The van der Waals surface area contributed by atoms with Crippen molar-refractivity contribution in [2.24, 2.45) is 5.92 Å². The first-order chi connectivity index (χ1) is 17.8. The molecule has 6 aromatic heterocycles. The number of nitrogens with zero attached hydrogens (tertiary/aromatic N) is 7. The van der Waals surface area contributed by atoms with Crippen molar-refractivity contribution >= 4 is 27.2 Å². The average molecular weight is 495 g/mol. The van der Waals surface area contributed by atoms with Gasteiger partial charge in [-0.15, -0.1) is 16.4 Å². The lowest BCUT2D eigenvalue weighted by atomic mass is 9.85. The van der Waals surface area contributed by atoms with Gasteiger partial charge in [-0.3, -0.25) is 4.98 Å². The van der Waals surface area contributed by atoms with E-state index in [4.69, 9.17) is 4.98 Å². The Morgan fingerprint density at radius 1 is 1.06 bits per heavy atom. The Labute approximate surface area is 212 Å². The van der Waals surface area contributed by atoms with Crippen molar-refractivity contribution in [2.75, 3.05) is 6.54 Å². The standard InChI is InChI=1S/C27H26N8S/c1-2-19(3-1)11-28-12-20-4-5-26-30-23(16-33(26)15-20)17-34-18-25(31-32-34)22-10-24(14-29-13-22)35-8-6-21-7-9-36-27(21)35/h4-10,13-16,18-19,28H,1-3,11-12,17H2. The average Bonchev–Trinajstić information content (AvgIpc) is 3.64. The second kappa shape index (κ2) is 9.00. The van der Waals surface area contributed by atoms with Crippen molar-refractivity contribution in [3.05, 3.63) is 84.2 Å². The minimum atomic E-state index is 0.560. The first-order valence-electron chi connectivity index (χ1n) is 12.4. The minimum absolute atomic E-state index is 0.560. The van der Waals surface area contributed by atoms with Gasteiger partial charge in [-0.05, 0) is 60.5 Å². The summed E-state index contributed by atoms with van der Waals surface area (Å²) >= 11 is 1.72. The number of thiophene rings is 1. The molecule has 9 heteroatoms. The van der Waals surface area contributed by atoms with Gasteiger partial charge in [-0.1, -0.05) is 17.7 Å². The van der Waals surface area contributed by atoms with Gasteiger partial charge >= 0.3 is 0 Å². The topological polar surface area (TPSA) is 77.9 Å². The molecule has 0 aromatic carbocycles. The van der Waals surface area contributed by atoms with Gasteiger partial charge in [0.05, 0.1) is 30.3 Å². The molecule has 1 N–H and O–H groups in total. The van der Waals surface area contributed by atoms with Crippen LogP contribution < -0.4 is 5.32 Å². The van der Waals surface area contributed by atoms with Gasteiger partial charge in [0.2, 0.25) is 0 Å². The highest BCUT2D eigenvalue weighted by Crippen LogP contribution is 2.27. The fraction of sp³-hybridized carbons (Fsp3) is 0.259. The molecule has 1 aliphatic carbocycles. The first-order valence-corrected chi connectivity index (χ1v) is 13.2. The van der Waals surface area contributed by atoms with E-state index in [0.717, 1.165) is 47.3 Å². The molecule has 0 saturated heterocycles. The molecule has 0 spiro atoms. The molecular formula is C27H26N8S. The Morgan fingerprint density at radius 3 is 2.94 bits per heavy atom. The Bertz CT molecular complexity index is 1650. The molecular weight excluding hydrogens is 468 g/mol. The Kier molecular flexibility index (Phi) is 5.36. The highest BCUT2D eigenvalue weighted by atomic mass is 32.1. The Balaban J connectivity index is 1.07. The third-order valence-electron chi connectivity index (χ3n) is 7.01. The summed E-state index contributed by atoms with van der Waals surface area (Å²) in [6, 6.07) is 10.6. The number of rotatable bonds is 8. The van der Waals surface area contributed by atoms with Crippen LogP contribution in [0.1, 0.15) is 30.5 Å². The van der Waals surface area contributed by atoms with Gasteiger partial charge < -0.3 is 14.3 Å². The summed E-state index contributed by atoms with van der Waals surface area (Å²) in [6.07, 6.45) is 16.1. The number of hydrogen-bond acceptors (Lipinski definition) is 6. The molecule has 0 bridgehead atoms. The highest BCUT2D eigenvalue weighted by molar-refractivity contribution is 7.16. The van der Waals surface area contributed by atoms with Crippen LogP contribution in [0.4, 0.5) is 0 Å². The van der Waals surface area contributed by atoms with E-state index in [0.29, 0.717) is 6.54 Å². The molecule has 0 atom stereocenters. The zero-order valence-corrected chi connectivity index (χ0v) is 20.6. The van der Waals surface area contributed by atoms with Crippen LogP contribution in [-0.4, -0.2) is 40.5 Å². The number of hydrogen-bond donors (Lipinski definition) is 1. The molecule has 8 nitrogen and oxygen atoms in total. The first kappa shape index (κ1) is 21.5. The van der Waals surface area contributed by atoms with Crippen molar-refractivity contribution in [2.45, 2.75) is 32.4 Å². The zero-order valence-electron chi connectivity index (χ0n) is 19.8. The minimum Gasteiger partial charge on any atom is -0.312 e. The third-order valence-corrected chi connectivity index (χ3v) is 7.93. The second-order valence-corrected chi connectivity index (χ2v) is 10.5. The summed E-state index contributed by atoms with van der Waals surface area (Å²) in [5.74, 6) is 0.866. The van der Waals surface area contributed by atoms with Gasteiger partial charge in [0.1, 0.15) is 16.2 Å². The van der Waals surface area contributed by atoms with Crippen LogP contribution >= 0.6 is 11.3 Å². The lowest BCUT2D eigenvalue weighted by Gasteiger charge is -2.25. The lowest BCUT2D eigenvalue weighted by molar-refractivity contribution is 0.301. The molecule has 180 valence electrons. The quantitative estimate of drug-likeness (QED) is 0.325. The maximum Gasteiger partial charge on any atom is 0.137 e. The predicted octanol–water partition coefficient (Wildman–Crippen LogP) is 4.93. The van der Waals surface area contributed by atoms with Crippen molar-refractivity contribution < 1.29 is 0 Å². The predicted molar refractivity (Wildman–Crippen MR) is 141 cm³/mol. The summed E-state index contributed by atoms with van der Waals surface area (Å²) in [4.78, 5) is 10.4. The van der Waals surface area contributed by atoms with Gasteiger partial charge in [0.25, 0.3) is 0 Å². The van der Waals surface area contributed by atoms with E-state index in [1.807, 2.05) is 23.3 Å². The zero-order chi connectivity index (χ0) is 23.9. The number of aromatic nitrogens is 7. The van der Waals surface area contributed by atoms with E-state index in [1.165, 1.54) is 35.0 Å². The fourth-order valence-electron chi connectivity index (χ4n) is 4.82. The lowest BCUT2D eigenvalue weighted by Crippen LogP contribution is -2.26. The van der Waals surface area contributed by atoms with Gasteiger partial charge in [-0.25, -0.2) is 9.67 Å². The van der Waals surface area contributed by atoms with Crippen molar-refractivity contribution in [1.29, 1.82) is 0 Å². The number of nitrogens with one attached hydrogen (secondary N) is 1. The van der Waals surface area contributed by atoms with Crippen LogP contribution in [0.25, 0.3) is 32.8 Å². The summed E-state index contributed by atoms with van der Waals surface area (Å²) in [6.45, 7) is 2.56. The van der Waals surface area contributed by atoms with Crippen LogP contribution in [0.5, 0.6) is 0 Å². The summed E-state index contributed by atoms with van der Waals surface area (Å²) < 4.78 is 6.09. The van der Waals surface area contributed by atoms with Crippen molar-refractivity contribution in [1.82, 2.24) is 39.2 Å². The third kappa shape index (κ3) is 4.10. The molecule has 36 heavy (non-hydrogen) atoms. The maximum absolute atomic E-state index is 4.77. The number of imidazole rings is 1. The number of pyridine rings is 2. The summed E-state index contributed by atoms with van der Waals surface area (Å²) in [5.41, 5.74) is 5.90. The van der Waals surface area contributed by atoms with Crippen LogP contribution in [0.3, 0.4) is 0 Å². The highest BCUT2D eigenvalue weighted by Gasteiger charge is 2.16. The van der Waals surface area contributed by atoms with Crippen molar-refractivity contribution in [3.63, 3.8) is 0 Å². The molecule has 6 heterocycles. The van der Waals surface area contributed by atoms with E-state index < -0.39 is 0 Å². The molecule has 0 radical (unpaired) electrons. The van der Waals surface area contributed by atoms with Crippen LogP contribution in [0.15, 0.2) is 72.9 Å². The van der Waals surface area contributed by atoms with E-state index >= 15 is 0 Å². The molecule has 0 unspecified atom stereocenters. The van der Waals surface area contributed by atoms with Crippen LogP contribution in [0, 0.1) is 5.92 Å². The Morgan fingerprint density at radius 2 is 2.03 bits per heavy atom. The van der Waals surface area contributed by atoms with Crippen LogP contribution in [0.2, 0.25) is 0 Å². The molecule has 0 amide bonds. The molecule has 0 aliphatic heterocycles. The normalized spacial score (nSPS) is 14.1. The SMILES string of the molecule is c1cc2ccn(-c3cncc(-c4cn(Cc5cn6cc(CNCC7CCC7)ccc6n5)nn4)c3)c2s1. The smallest absolute Gasteiger partial charge is 0.137 e. The monoisotopic (exact) mass is 494 g/mol. The van der Waals surface area contributed by atoms with E-state index in [1.54, 1.807) is 11.3 Å². The molecule has 1 aliphatic rings. The summed E-state index contributed by atoms with van der Waals surface area (Å²) in [5, 5.41) is 15.7. The van der Waals surface area contributed by atoms with Gasteiger partial charge in [-0.2, -0.15) is 0 Å². The Hall–Kier alpha value is -3.82. The molecule has 6 aromatic rings. The number of fused-ring (bicyclic) bond motifs is 2. The van der Waals surface area contributed by atoms with E-state index in [2.05, 4.69) is 83.9 Å². The largest absolute Gasteiger partial charge is 0.312 e. The van der Waals surface area contributed by atoms with Crippen molar-refractivity contribution in [3.8, 4) is 16.9 Å². The second-order valence-electron chi connectivity index (χ2n) is 9.56.